The molecular weight excluding hydrogens is 204 g/mol. The second kappa shape index (κ2) is 5.64. The van der Waals surface area contributed by atoms with Gasteiger partial charge in [-0.05, 0) is 32.6 Å². The van der Waals surface area contributed by atoms with Crippen LogP contribution in [0.1, 0.15) is 32.6 Å². The molecule has 0 aromatic heterocycles. The highest BCUT2D eigenvalue weighted by Crippen LogP contribution is 2.33. The molecular formula is C12H22N2O2. The van der Waals surface area contributed by atoms with Crippen molar-refractivity contribution in [3.63, 3.8) is 0 Å². The molecule has 3 atom stereocenters. The second-order valence-corrected chi connectivity index (χ2v) is 4.73. The lowest BCUT2D eigenvalue weighted by molar-refractivity contribution is -0.125. The first-order valence-electron chi connectivity index (χ1n) is 6.42. The minimum atomic E-state index is 0.214. The standard InChI is InChI=1S/C12H22N2O2/c1-2-16-7-3-6-13-12(15)10-8-9-4-5-11(10)14-9/h9-11,14H,2-8H2,1H3,(H,13,15). The van der Waals surface area contributed by atoms with E-state index in [1.165, 1.54) is 12.8 Å². The smallest absolute Gasteiger partial charge is 0.224 e. The number of carbonyl (C=O) groups excluding carboxylic acids is 1. The van der Waals surface area contributed by atoms with E-state index >= 15 is 0 Å². The number of amides is 1. The molecule has 4 heteroatoms. The number of carbonyl (C=O) groups is 1. The molecule has 3 unspecified atom stereocenters. The number of hydrogen-bond acceptors (Lipinski definition) is 3. The van der Waals surface area contributed by atoms with Crippen LogP contribution in [-0.2, 0) is 9.53 Å². The Bertz CT molecular complexity index is 245. The fourth-order valence-electron chi connectivity index (χ4n) is 2.78. The molecule has 2 heterocycles. The Morgan fingerprint density at radius 1 is 1.50 bits per heavy atom. The van der Waals surface area contributed by atoms with Gasteiger partial charge < -0.3 is 15.4 Å². The van der Waals surface area contributed by atoms with Crippen LogP contribution >= 0.6 is 0 Å². The zero-order valence-electron chi connectivity index (χ0n) is 10.00. The molecule has 2 rings (SSSR count). The van der Waals surface area contributed by atoms with E-state index in [1.807, 2.05) is 6.92 Å². The lowest BCUT2D eigenvalue weighted by Gasteiger charge is -2.19. The van der Waals surface area contributed by atoms with E-state index in [4.69, 9.17) is 4.74 Å². The Kier molecular flexibility index (Phi) is 4.18. The quantitative estimate of drug-likeness (QED) is 0.655. The largest absolute Gasteiger partial charge is 0.382 e. The van der Waals surface area contributed by atoms with Gasteiger partial charge in [0.1, 0.15) is 0 Å². The van der Waals surface area contributed by atoms with Gasteiger partial charge in [-0.15, -0.1) is 0 Å². The molecule has 0 saturated carbocycles. The molecule has 0 aromatic rings. The topological polar surface area (TPSA) is 50.4 Å². The minimum Gasteiger partial charge on any atom is -0.382 e. The predicted octanol–water partition coefficient (Wildman–Crippen LogP) is 0.670. The monoisotopic (exact) mass is 226 g/mol. The normalized spacial score (nSPS) is 31.9. The summed E-state index contributed by atoms with van der Waals surface area (Å²) in [6, 6.07) is 1.04. The van der Waals surface area contributed by atoms with E-state index in [9.17, 15) is 4.79 Å². The molecule has 0 aliphatic carbocycles. The Balaban J connectivity index is 1.61. The van der Waals surface area contributed by atoms with Gasteiger partial charge in [0.2, 0.25) is 5.91 Å². The number of rotatable bonds is 6. The Morgan fingerprint density at radius 2 is 2.38 bits per heavy atom. The van der Waals surface area contributed by atoms with Crippen LogP contribution in [0.25, 0.3) is 0 Å². The molecule has 2 aliphatic rings. The van der Waals surface area contributed by atoms with Crippen molar-refractivity contribution in [3.05, 3.63) is 0 Å². The molecule has 2 fully saturated rings. The molecule has 92 valence electrons. The van der Waals surface area contributed by atoms with E-state index in [-0.39, 0.29) is 11.8 Å². The van der Waals surface area contributed by atoms with Crippen LogP contribution in [0.5, 0.6) is 0 Å². The summed E-state index contributed by atoms with van der Waals surface area (Å²) < 4.78 is 5.23. The van der Waals surface area contributed by atoms with Gasteiger partial charge in [-0.25, -0.2) is 0 Å². The van der Waals surface area contributed by atoms with Crippen molar-refractivity contribution in [2.75, 3.05) is 19.8 Å². The van der Waals surface area contributed by atoms with Crippen LogP contribution < -0.4 is 10.6 Å². The highest BCUT2D eigenvalue weighted by atomic mass is 16.5. The summed E-state index contributed by atoms with van der Waals surface area (Å²) in [5, 5.41) is 6.49. The van der Waals surface area contributed by atoms with Crippen LogP contribution in [0, 0.1) is 5.92 Å². The number of hydrogen-bond donors (Lipinski definition) is 2. The Hall–Kier alpha value is -0.610. The zero-order chi connectivity index (χ0) is 11.4. The van der Waals surface area contributed by atoms with E-state index in [0.717, 1.165) is 32.6 Å². The lowest BCUT2D eigenvalue weighted by atomic mass is 9.88. The van der Waals surface area contributed by atoms with Crippen molar-refractivity contribution in [1.29, 1.82) is 0 Å². The maximum atomic E-state index is 11.9. The molecule has 0 spiro atoms. The third-order valence-corrected chi connectivity index (χ3v) is 3.61. The highest BCUT2D eigenvalue weighted by Gasteiger charge is 2.42. The van der Waals surface area contributed by atoms with Gasteiger partial charge in [0, 0.05) is 31.8 Å². The maximum Gasteiger partial charge on any atom is 0.224 e. The number of nitrogens with one attached hydrogen (secondary N) is 2. The van der Waals surface area contributed by atoms with Gasteiger partial charge in [-0.3, -0.25) is 4.79 Å². The average Bonchev–Trinajstić information content (AvgIpc) is 2.90. The van der Waals surface area contributed by atoms with E-state index in [2.05, 4.69) is 10.6 Å². The molecule has 2 N–H and O–H groups in total. The van der Waals surface area contributed by atoms with Crippen LogP contribution in [0.4, 0.5) is 0 Å². The molecule has 0 aromatic carbocycles. The van der Waals surface area contributed by atoms with Crippen molar-refractivity contribution < 1.29 is 9.53 Å². The van der Waals surface area contributed by atoms with Crippen molar-refractivity contribution in [3.8, 4) is 0 Å². The first-order chi connectivity index (χ1) is 7.81. The lowest BCUT2D eigenvalue weighted by Crippen LogP contribution is -2.38. The molecule has 1 amide bonds. The average molecular weight is 226 g/mol. The van der Waals surface area contributed by atoms with Gasteiger partial charge in [-0.2, -0.15) is 0 Å². The molecule has 16 heavy (non-hydrogen) atoms. The van der Waals surface area contributed by atoms with Crippen molar-refractivity contribution >= 4 is 5.91 Å². The summed E-state index contributed by atoms with van der Waals surface area (Å²) in [5.41, 5.74) is 0. The van der Waals surface area contributed by atoms with Crippen molar-refractivity contribution in [2.45, 2.75) is 44.7 Å². The summed E-state index contributed by atoms with van der Waals surface area (Å²) in [6.45, 7) is 4.22. The SMILES string of the molecule is CCOCCCNC(=O)C1CC2CCC1N2. The molecule has 0 radical (unpaired) electrons. The van der Waals surface area contributed by atoms with E-state index < -0.39 is 0 Å². The van der Waals surface area contributed by atoms with Gasteiger partial charge in [-0.1, -0.05) is 0 Å². The van der Waals surface area contributed by atoms with Crippen molar-refractivity contribution in [1.82, 2.24) is 10.6 Å². The van der Waals surface area contributed by atoms with E-state index in [1.54, 1.807) is 0 Å². The first-order valence-corrected chi connectivity index (χ1v) is 6.42. The summed E-state index contributed by atoms with van der Waals surface area (Å²) in [7, 11) is 0. The summed E-state index contributed by atoms with van der Waals surface area (Å²) in [4.78, 5) is 11.9. The predicted molar refractivity (Wildman–Crippen MR) is 62.2 cm³/mol. The maximum absolute atomic E-state index is 11.9. The third-order valence-electron chi connectivity index (χ3n) is 3.61. The van der Waals surface area contributed by atoms with Crippen molar-refractivity contribution in [2.24, 2.45) is 5.92 Å². The van der Waals surface area contributed by atoms with Gasteiger partial charge in [0.25, 0.3) is 0 Å². The Morgan fingerprint density at radius 3 is 3.00 bits per heavy atom. The number of fused-ring (bicyclic) bond motifs is 2. The molecule has 2 aliphatic heterocycles. The summed E-state index contributed by atoms with van der Waals surface area (Å²) >= 11 is 0. The third kappa shape index (κ3) is 2.74. The first kappa shape index (κ1) is 11.9. The fraction of sp³-hybridized carbons (Fsp3) is 0.917. The van der Waals surface area contributed by atoms with Crippen LogP contribution in [0.3, 0.4) is 0 Å². The molecule has 4 nitrogen and oxygen atoms in total. The van der Waals surface area contributed by atoms with Gasteiger partial charge in [0.15, 0.2) is 0 Å². The number of ether oxygens (including phenoxy) is 1. The molecule has 2 saturated heterocycles. The summed E-state index contributed by atoms with van der Waals surface area (Å²) in [5.74, 6) is 0.446. The van der Waals surface area contributed by atoms with Crippen LogP contribution in [0.2, 0.25) is 0 Å². The Labute approximate surface area is 97.1 Å². The van der Waals surface area contributed by atoms with Crippen LogP contribution in [-0.4, -0.2) is 37.7 Å². The fourth-order valence-corrected chi connectivity index (χ4v) is 2.78. The summed E-state index contributed by atoms with van der Waals surface area (Å²) in [6.07, 6.45) is 4.36. The second-order valence-electron chi connectivity index (χ2n) is 4.73. The van der Waals surface area contributed by atoms with Gasteiger partial charge >= 0.3 is 0 Å². The van der Waals surface area contributed by atoms with E-state index in [0.29, 0.717) is 12.1 Å². The molecule has 2 bridgehead atoms. The minimum absolute atomic E-state index is 0.214. The zero-order valence-corrected chi connectivity index (χ0v) is 10.00. The van der Waals surface area contributed by atoms with Crippen LogP contribution in [0.15, 0.2) is 0 Å². The van der Waals surface area contributed by atoms with Gasteiger partial charge in [0.05, 0.1) is 5.92 Å². The highest BCUT2D eigenvalue weighted by molar-refractivity contribution is 5.80.